The fourth-order valence-electron chi connectivity index (χ4n) is 2.28. The summed E-state index contributed by atoms with van der Waals surface area (Å²) in [4.78, 5) is 12.5. The molecule has 2 aromatic rings. The van der Waals surface area contributed by atoms with Crippen molar-refractivity contribution in [3.63, 3.8) is 0 Å². The fourth-order valence-corrected chi connectivity index (χ4v) is 2.28. The van der Waals surface area contributed by atoms with E-state index in [0.29, 0.717) is 12.3 Å². The molecular weight excluding hydrogens is 232 g/mol. The topological polar surface area (TPSA) is 17.1 Å². The third kappa shape index (κ3) is 3.31. The van der Waals surface area contributed by atoms with E-state index in [1.54, 1.807) is 0 Å². The Bertz CT molecular complexity index is 543. The Morgan fingerprint density at radius 1 is 1.00 bits per heavy atom. The summed E-state index contributed by atoms with van der Waals surface area (Å²) in [5.41, 5.74) is 3.12. The number of carbonyl (C=O) groups excluding carboxylic acids is 1. The van der Waals surface area contributed by atoms with Crippen molar-refractivity contribution in [1.29, 1.82) is 0 Å². The number of carbonyl (C=O) groups is 1. The van der Waals surface area contributed by atoms with Crippen LogP contribution < -0.4 is 0 Å². The van der Waals surface area contributed by atoms with E-state index in [4.69, 9.17) is 0 Å². The van der Waals surface area contributed by atoms with Gasteiger partial charge in [-0.1, -0.05) is 68.4 Å². The highest BCUT2D eigenvalue weighted by atomic mass is 16.1. The maximum Gasteiger partial charge on any atom is 0.167 e. The molecule has 19 heavy (non-hydrogen) atoms. The first-order valence-electron chi connectivity index (χ1n) is 6.88. The quantitative estimate of drug-likeness (QED) is 0.709. The highest BCUT2D eigenvalue weighted by Gasteiger charge is 2.14. The van der Waals surface area contributed by atoms with Gasteiger partial charge in [-0.15, -0.1) is 0 Å². The van der Waals surface area contributed by atoms with Crippen LogP contribution in [0.15, 0.2) is 54.6 Å². The zero-order valence-electron chi connectivity index (χ0n) is 11.6. The fraction of sp³-hybridized carbons (Fsp3) is 0.278. The average Bonchev–Trinajstić information content (AvgIpc) is 2.47. The van der Waals surface area contributed by atoms with E-state index in [0.717, 1.165) is 17.5 Å². The molecule has 0 aromatic heterocycles. The van der Waals surface area contributed by atoms with Crippen molar-refractivity contribution in [3.8, 4) is 0 Å². The van der Waals surface area contributed by atoms with Gasteiger partial charge in [0.25, 0.3) is 0 Å². The molecule has 0 aliphatic carbocycles. The molecule has 0 fully saturated rings. The molecule has 0 spiro atoms. The molecule has 98 valence electrons. The van der Waals surface area contributed by atoms with E-state index in [-0.39, 0.29) is 5.78 Å². The van der Waals surface area contributed by atoms with E-state index in [9.17, 15) is 4.79 Å². The van der Waals surface area contributed by atoms with Gasteiger partial charge in [-0.3, -0.25) is 4.79 Å². The molecule has 0 N–H and O–H groups in total. The molecule has 0 saturated heterocycles. The van der Waals surface area contributed by atoms with Crippen LogP contribution in [0.4, 0.5) is 0 Å². The molecule has 0 saturated carbocycles. The summed E-state index contributed by atoms with van der Waals surface area (Å²) in [5, 5.41) is 0. The van der Waals surface area contributed by atoms with Crippen molar-refractivity contribution >= 4 is 5.78 Å². The second-order valence-electron chi connectivity index (χ2n) is 4.98. The third-order valence-electron chi connectivity index (χ3n) is 3.61. The molecule has 0 bridgehead atoms. The Labute approximate surface area is 115 Å². The number of hydrogen-bond acceptors (Lipinski definition) is 1. The van der Waals surface area contributed by atoms with E-state index in [1.165, 1.54) is 5.56 Å². The van der Waals surface area contributed by atoms with Crippen molar-refractivity contribution < 1.29 is 4.79 Å². The predicted octanol–water partition coefficient (Wildman–Crippen LogP) is 4.63. The molecular formula is C18H20O. The van der Waals surface area contributed by atoms with Crippen LogP contribution in [-0.2, 0) is 6.42 Å². The Morgan fingerprint density at radius 2 is 1.63 bits per heavy atom. The monoisotopic (exact) mass is 252 g/mol. The molecule has 2 aromatic carbocycles. The summed E-state index contributed by atoms with van der Waals surface area (Å²) in [6.07, 6.45) is 1.53. The summed E-state index contributed by atoms with van der Waals surface area (Å²) in [7, 11) is 0. The molecule has 0 heterocycles. The SMILES string of the molecule is CCC(C)c1ccccc1C(=O)Cc1ccccc1. The van der Waals surface area contributed by atoms with Gasteiger partial charge in [0.05, 0.1) is 0 Å². The predicted molar refractivity (Wildman–Crippen MR) is 79.6 cm³/mol. The molecule has 0 aliphatic rings. The zero-order chi connectivity index (χ0) is 13.7. The molecule has 1 atom stereocenters. The van der Waals surface area contributed by atoms with Crippen LogP contribution in [0.3, 0.4) is 0 Å². The number of benzene rings is 2. The number of Topliss-reactive ketones (excluding diaryl/α,β-unsaturated/α-hetero) is 1. The minimum absolute atomic E-state index is 0.210. The van der Waals surface area contributed by atoms with Crippen molar-refractivity contribution in [3.05, 3.63) is 71.3 Å². The van der Waals surface area contributed by atoms with Crippen LogP contribution in [0.1, 0.15) is 47.7 Å². The standard InChI is InChI=1S/C18H20O/c1-3-14(2)16-11-7-8-12-17(16)18(19)13-15-9-5-4-6-10-15/h4-12,14H,3,13H2,1-2H3. The first-order valence-corrected chi connectivity index (χ1v) is 6.88. The molecule has 1 nitrogen and oxygen atoms in total. The van der Waals surface area contributed by atoms with Gasteiger partial charge in [0.15, 0.2) is 5.78 Å². The lowest BCUT2D eigenvalue weighted by Gasteiger charge is -2.14. The van der Waals surface area contributed by atoms with E-state index < -0.39 is 0 Å². The molecule has 2 rings (SSSR count). The maximum absolute atomic E-state index is 12.5. The van der Waals surface area contributed by atoms with Crippen LogP contribution in [0.5, 0.6) is 0 Å². The maximum atomic E-state index is 12.5. The molecule has 0 radical (unpaired) electrons. The first kappa shape index (κ1) is 13.5. The van der Waals surface area contributed by atoms with Crippen LogP contribution in [0.2, 0.25) is 0 Å². The number of ketones is 1. The van der Waals surface area contributed by atoms with Gasteiger partial charge in [-0.05, 0) is 23.5 Å². The van der Waals surface area contributed by atoms with Crippen LogP contribution >= 0.6 is 0 Å². The van der Waals surface area contributed by atoms with Gasteiger partial charge >= 0.3 is 0 Å². The summed E-state index contributed by atoms with van der Waals surface area (Å²) in [5.74, 6) is 0.637. The first-order chi connectivity index (χ1) is 9.22. The average molecular weight is 252 g/mol. The minimum Gasteiger partial charge on any atom is -0.294 e. The van der Waals surface area contributed by atoms with Gasteiger partial charge in [0, 0.05) is 12.0 Å². The highest BCUT2D eigenvalue weighted by Crippen LogP contribution is 2.23. The summed E-state index contributed by atoms with van der Waals surface area (Å²) < 4.78 is 0. The number of rotatable bonds is 5. The van der Waals surface area contributed by atoms with Crippen molar-refractivity contribution in [2.24, 2.45) is 0 Å². The lowest BCUT2D eigenvalue weighted by molar-refractivity contribution is 0.0991. The van der Waals surface area contributed by atoms with E-state index in [2.05, 4.69) is 19.9 Å². The summed E-state index contributed by atoms with van der Waals surface area (Å²) in [6.45, 7) is 4.33. The van der Waals surface area contributed by atoms with Crippen LogP contribution in [-0.4, -0.2) is 5.78 Å². The number of hydrogen-bond donors (Lipinski definition) is 0. The Balaban J connectivity index is 2.24. The largest absolute Gasteiger partial charge is 0.294 e. The van der Waals surface area contributed by atoms with Gasteiger partial charge in [0.2, 0.25) is 0 Å². The van der Waals surface area contributed by atoms with Crippen molar-refractivity contribution in [1.82, 2.24) is 0 Å². The minimum atomic E-state index is 0.210. The van der Waals surface area contributed by atoms with Crippen molar-refractivity contribution in [2.75, 3.05) is 0 Å². The highest BCUT2D eigenvalue weighted by molar-refractivity contribution is 5.99. The Morgan fingerprint density at radius 3 is 2.32 bits per heavy atom. The molecule has 1 heteroatoms. The van der Waals surface area contributed by atoms with Gasteiger partial charge in [-0.2, -0.15) is 0 Å². The molecule has 0 amide bonds. The normalized spacial score (nSPS) is 12.1. The van der Waals surface area contributed by atoms with Gasteiger partial charge < -0.3 is 0 Å². The van der Waals surface area contributed by atoms with E-state index >= 15 is 0 Å². The van der Waals surface area contributed by atoms with Gasteiger partial charge in [-0.25, -0.2) is 0 Å². The molecule has 0 aliphatic heterocycles. The van der Waals surface area contributed by atoms with Gasteiger partial charge in [0.1, 0.15) is 0 Å². The Hall–Kier alpha value is -1.89. The second-order valence-corrected chi connectivity index (χ2v) is 4.98. The summed E-state index contributed by atoms with van der Waals surface area (Å²) in [6, 6.07) is 17.9. The van der Waals surface area contributed by atoms with E-state index in [1.807, 2.05) is 48.5 Å². The van der Waals surface area contributed by atoms with Crippen LogP contribution in [0, 0.1) is 0 Å². The smallest absolute Gasteiger partial charge is 0.167 e. The second kappa shape index (κ2) is 6.33. The van der Waals surface area contributed by atoms with Crippen LogP contribution in [0.25, 0.3) is 0 Å². The Kier molecular flexibility index (Phi) is 4.51. The van der Waals surface area contributed by atoms with Crippen molar-refractivity contribution in [2.45, 2.75) is 32.6 Å². The molecule has 1 unspecified atom stereocenters. The lowest BCUT2D eigenvalue weighted by atomic mass is 9.90. The third-order valence-corrected chi connectivity index (χ3v) is 3.61. The lowest BCUT2D eigenvalue weighted by Crippen LogP contribution is -2.08. The zero-order valence-corrected chi connectivity index (χ0v) is 11.6. The summed E-state index contributed by atoms with van der Waals surface area (Å²) >= 11 is 0.